The van der Waals surface area contributed by atoms with Gasteiger partial charge in [0.15, 0.2) is 0 Å². The zero-order chi connectivity index (χ0) is 25.4. The molecule has 8 nitrogen and oxygen atoms in total. The smallest absolute Gasteiger partial charge is 0.255 e. The molecule has 9 heteroatoms. The van der Waals surface area contributed by atoms with Crippen LogP contribution in [0, 0.1) is 0 Å². The van der Waals surface area contributed by atoms with Crippen molar-refractivity contribution in [3.05, 3.63) is 58.5 Å². The Morgan fingerprint density at radius 2 is 2.06 bits per heavy atom. The molecule has 1 aromatic carbocycles. The second-order valence-electron chi connectivity index (χ2n) is 9.92. The number of pyridine rings is 1. The van der Waals surface area contributed by atoms with Gasteiger partial charge in [0.1, 0.15) is 5.75 Å². The maximum absolute atomic E-state index is 13.1. The molecule has 1 aliphatic carbocycles. The molecule has 2 aliphatic rings. The first kappa shape index (κ1) is 24.5. The van der Waals surface area contributed by atoms with Crippen molar-refractivity contribution in [2.45, 2.75) is 44.6 Å². The number of fused-ring (bicyclic) bond motifs is 1. The lowest BCUT2D eigenvalue weighted by molar-refractivity contribution is 0.0724. The molecule has 0 saturated carbocycles. The molecule has 0 bridgehead atoms. The van der Waals surface area contributed by atoms with Crippen molar-refractivity contribution in [1.29, 1.82) is 0 Å². The molecule has 1 fully saturated rings. The number of anilines is 2. The Balaban J connectivity index is 1.40. The van der Waals surface area contributed by atoms with E-state index in [0.717, 1.165) is 36.2 Å². The van der Waals surface area contributed by atoms with E-state index in [1.54, 1.807) is 37.4 Å². The van der Waals surface area contributed by atoms with Crippen LogP contribution in [-0.2, 0) is 16.6 Å². The lowest BCUT2D eigenvalue weighted by Crippen LogP contribution is -2.30. The number of likely N-dealkylation sites (tertiary alicyclic amines) is 1. The fourth-order valence-electron chi connectivity index (χ4n) is 4.94. The molecule has 1 unspecified atom stereocenters. The molecular weight excluding hydrogens is 478 g/mol. The van der Waals surface area contributed by atoms with Crippen LogP contribution in [0.2, 0.25) is 5.02 Å². The quantitative estimate of drug-likeness (QED) is 0.500. The van der Waals surface area contributed by atoms with E-state index in [9.17, 15) is 4.79 Å². The van der Waals surface area contributed by atoms with Gasteiger partial charge >= 0.3 is 0 Å². The molecule has 5 rings (SSSR count). The van der Waals surface area contributed by atoms with E-state index in [1.807, 2.05) is 12.3 Å². The Morgan fingerprint density at radius 1 is 1.22 bits per heavy atom. The highest BCUT2D eigenvalue weighted by Gasteiger charge is 2.31. The fourth-order valence-corrected chi connectivity index (χ4v) is 5.19. The summed E-state index contributed by atoms with van der Waals surface area (Å²) in [7, 11) is 3.21. The summed E-state index contributed by atoms with van der Waals surface area (Å²) in [4.78, 5) is 28.6. The van der Waals surface area contributed by atoms with E-state index in [0.29, 0.717) is 41.1 Å². The third kappa shape index (κ3) is 4.63. The molecule has 1 N–H and O–H groups in total. The van der Waals surface area contributed by atoms with Crippen LogP contribution < -0.4 is 10.1 Å². The van der Waals surface area contributed by atoms with Gasteiger partial charge in [-0.05, 0) is 54.5 Å². The predicted molar refractivity (Wildman–Crippen MR) is 139 cm³/mol. The number of hydrogen-bond acceptors (Lipinski definition) is 7. The number of halogens is 1. The van der Waals surface area contributed by atoms with Crippen LogP contribution >= 0.6 is 11.6 Å². The highest BCUT2D eigenvalue weighted by Crippen LogP contribution is 2.39. The van der Waals surface area contributed by atoms with Crippen LogP contribution in [0.4, 0.5) is 11.6 Å². The first-order valence-electron chi connectivity index (χ1n) is 12.1. The monoisotopic (exact) mass is 507 g/mol. The maximum atomic E-state index is 13.1. The summed E-state index contributed by atoms with van der Waals surface area (Å²) in [5.74, 6) is 0.720. The molecule has 0 radical (unpaired) electrons. The summed E-state index contributed by atoms with van der Waals surface area (Å²) in [6.07, 6.45) is 6.53. The van der Waals surface area contributed by atoms with Crippen LogP contribution in [-0.4, -0.2) is 59.2 Å². The van der Waals surface area contributed by atoms with Crippen molar-refractivity contribution >= 4 is 29.1 Å². The van der Waals surface area contributed by atoms with Crippen molar-refractivity contribution in [2.24, 2.45) is 0 Å². The Kier molecular flexibility index (Phi) is 6.57. The number of amides is 1. The van der Waals surface area contributed by atoms with E-state index in [-0.39, 0.29) is 17.4 Å². The number of nitrogens with zero attached hydrogens (tertiary/aromatic N) is 4. The van der Waals surface area contributed by atoms with Gasteiger partial charge < -0.3 is 19.7 Å². The molecule has 3 heterocycles. The maximum Gasteiger partial charge on any atom is 0.255 e. The molecule has 188 valence electrons. The SMILES string of the molecule is COc1cc(C(=O)N2CCC(OC)C2)c(Cl)cc1Nc1nccc(-c2cnc3c(c2)C(C)(C)CC3)n1. The Hall–Kier alpha value is -3.23. The van der Waals surface area contributed by atoms with Crippen molar-refractivity contribution in [3.8, 4) is 17.0 Å². The number of hydrogen-bond donors (Lipinski definition) is 1. The van der Waals surface area contributed by atoms with Gasteiger partial charge in [0.25, 0.3) is 5.91 Å². The van der Waals surface area contributed by atoms with Crippen LogP contribution in [0.25, 0.3) is 11.3 Å². The van der Waals surface area contributed by atoms with Gasteiger partial charge in [0, 0.05) is 43.9 Å². The fraction of sp³-hybridized carbons (Fsp3) is 0.407. The van der Waals surface area contributed by atoms with Crippen LogP contribution in [0.15, 0.2) is 36.7 Å². The van der Waals surface area contributed by atoms with Crippen LogP contribution in [0.3, 0.4) is 0 Å². The minimum atomic E-state index is -0.144. The topological polar surface area (TPSA) is 89.5 Å². The third-order valence-electron chi connectivity index (χ3n) is 7.17. The van der Waals surface area contributed by atoms with E-state index >= 15 is 0 Å². The summed E-state index contributed by atoms with van der Waals surface area (Å²) in [5.41, 5.74) is 5.21. The van der Waals surface area contributed by atoms with E-state index in [1.165, 1.54) is 5.56 Å². The lowest BCUT2D eigenvalue weighted by Gasteiger charge is -2.19. The van der Waals surface area contributed by atoms with Gasteiger partial charge in [-0.3, -0.25) is 9.78 Å². The standard InChI is InChI=1S/C27H30ClN5O3/c1-27(2)8-5-22-19(27)11-16(14-30-22)21-6-9-29-26(31-21)32-23-13-20(28)18(12-24(23)36-4)25(34)33-10-7-17(15-33)35-3/h6,9,11-14,17H,5,7-8,10,15H2,1-4H3,(H,29,31,32). The van der Waals surface area contributed by atoms with Gasteiger partial charge in [0.05, 0.1) is 35.2 Å². The number of carbonyl (C=O) groups excluding carboxylic acids is 1. The number of methoxy groups -OCH3 is 2. The van der Waals surface area contributed by atoms with Gasteiger partial charge in [-0.25, -0.2) is 9.97 Å². The predicted octanol–water partition coefficient (Wildman–Crippen LogP) is 5.03. The zero-order valence-electron chi connectivity index (χ0n) is 21.0. The third-order valence-corrected chi connectivity index (χ3v) is 7.48. The average molecular weight is 508 g/mol. The molecule has 1 saturated heterocycles. The summed E-state index contributed by atoms with van der Waals surface area (Å²) < 4.78 is 11.0. The number of benzene rings is 1. The summed E-state index contributed by atoms with van der Waals surface area (Å²) in [5, 5.41) is 3.52. The molecular formula is C27H30ClN5O3. The Labute approximate surface area is 216 Å². The molecule has 2 aromatic heterocycles. The van der Waals surface area contributed by atoms with Crippen molar-refractivity contribution in [3.63, 3.8) is 0 Å². The zero-order valence-corrected chi connectivity index (χ0v) is 21.7. The van der Waals surface area contributed by atoms with Gasteiger partial charge in [0.2, 0.25) is 5.95 Å². The van der Waals surface area contributed by atoms with Crippen LogP contribution in [0.1, 0.15) is 48.3 Å². The largest absolute Gasteiger partial charge is 0.495 e. The number of rotatable bonds is 6. The second kappa shape index (κ2) is 9.67. The van der Waals surface area contributed by atoms with Crippen LogP contribution in [0.5, 0.6) is 5.75 Å². The Morgan fingerprint density at radius 3 is 2.81 bits per heavy atom. The number of aryl methyl sites for hydroxylation is 1. The van der Waals surface area contributed by atoms with Gasteiger partial charge in [-0.15, -0.1) is 0 Å². The Bertz CT molecular complexity index is 1310. The molecule has 1 amide bonds. The van der Waals surface area contributed by atoms with E-state index < -0.39 is 0 Å². The first-order chi connectivity index (χ1) is 17.3. The van der Waals surface area contributed by atoms with Crippen molar-refractivity contribution in [2.75, 3.05) is 32.6 Å². The highest BCUT2D eigenvalue weighted by molar-refractivity contribution is 6.34. The number of aromatic nitrogens is 3. The van der Waals surface area contributed by atoms with Gasteiger partial charge in [-0.1, -0.05) is 25.4 Å². The summed E-state index contributed by atoms with van der Waals surface area (Å²) in [6.45, 7) is 5.68. The molecule has 0 spiro atoms. The van der Waals surface area contributed by atoms with E-state index in [4.69, 9.17) is 31.0 Å². The average Bonchev–Trinajstić information content (AvgIpc) is 3.48. The normalized spacial score (nSPS) is 18.2. The van der Waals surface area contributed by atoms with Gasteiger partial charge in [-0.2, -0.15) is 0 Å². The van der Waals surface area contributed by atoms with E-state index in [2.05, 4.69) is 30.2 Å². The number of ether oxygens (including phenoxy) is 2. The minimum absolute atomic E-state index is 0.0481. The second-order valence-corrected chi connectivity index (χ2v) is 10.3. The summed E-state index contributed by atoms with van der Waals surface area (Å²) in [6, 6.07) is 7.38. The summed E-state index contributed by atoms with van der Waals surface area (Å²) >= 11 is 6.55. The number of carbonyl (C=O) groups is 1. The number of nitrogens with one attached hydrogen (secondary N) is 1. The molecule has 1 aliphatic heterocycles. The minimum Gasteiger partial charge on any atom is -0.495 e. The van der Waals surface area contributed by atoms with Crippen molar-refractivity contribution in [1.82, 2.24) is 19.9 Å². The highest BCUT2D eigenvalue weighted by atomic mass is 35.5. The molecule has 36 heavy (non-hydrogen) atoms. The lowest BCUT2D eigenvalue weighted by atomic mass is 9.86. The van der Waals surface area contributed by atoms with Crippen molar-refractivity contribution < 1.29 is 14.3 Å². The first-order valence-corrected chi connectivity index (χ1v) is 12.5. The molecule has 3 aromatic rings. The molecule has 1 atom stereocenters.